The number of amides is 1. The lowest BCUT2D eigenvalue weighted by molar-refractivity contribution is -0.152. The fourth-order valence-electron chi connectivity index (χ4n) is 1.94. The Bertz CT molecular complexity index is 784. The van der Waals surface area contributed by atoms with Gasteiger partial charge in [-0.2, -0.15) is 0 Å². The van der Waals surface area contributed by atoms with Crippen LogP contribution in [-0.4, -0.2) is 23.7 Å². The first-order valence-corrected chi connectivity index (χ1v) is 8.63. The minimum absolute atomic E-state index is 0.0182. The first kappa shape index (κ1) is 19.8. The summed E-state index contributed by atoms with van der Waals surface area (Å²) < 4.78 is 44.3. The van der Waals surface area contributed by atoms with E-state index in [1.807, 2.05) is 0 Å². The number of benzene rings is 2. The smallest absolute Gasteiger partial charge is 0.317 e. The van der Waals surface area contributed by atoms with E-state index in [4.69, 9.17) is 4.74 Å². The van der Waals surface area contributed by atoms with Crippen LogP contribution in [0.3, 0.4) is 0 Å². The maximum absolute atomic E-state index is 13.5. The number of halogens is 3. The highest BCUT2D eigenvalue weighted by Gasteiger charge is 2.18. The molecular weight excluding hydrogens is 367 g/mol. The number of carbonyl (C=O) groups excluding carboxylic acids is 2. The van der Waals surface area contributed by atoms with Crippen LogP contribution in [0, 0.1) is 17.5 Å². The van der Waals surface area contributed by atoms with Gasteiger partial charge in [0.25, 0.3) is 5.91 Å². The maximum Gasteiger partial charge on any atom is 0.317 e. The minimum atomic E-state index is -1.05. The monoisotopic (exact) mass is 383 g/mol. The van der Waals surface area contributed by atoms with Crippen LogP contribution >= 0.6 is 11.8 Å². The number of esters is 1. The van der Waals surface area contributed by atoms with Gasteiger partial charge in [-0.25, -0.2) is 13.2 Å². The Kier molecular flexibility index (Phi) is 7.08. The summed E-state index contributed by atoms with van der Waals surface area (Å²) in [5.41, 5.74) is 0.690. The Morgan fingerprint density at radius 2 is 1.73 bits per heavy atom. The second-order valence-electron chi connectivity index (χ2n) is 5.34. The third kappa shape index (κ3) is 6.11. The minimum Gasteiger partial charge on any atom is -0.452 e. The van der Waals surface area contributed by atoms with Crippen LogP contribution in [0.15, 0.2) is 47.4 Å². The normalized spacial score (nSPS) is 11.7. The molecule has 0 aliphatic carbocycles. The molecule has 0 unspecified atom stereocenters. The molecule has 0 saturated heterocycles. The van der Waals surface area contributed by atoms with Gasteiger partial charge in [-0.15, -0.1) is 11.8 Å². The number of rotatable bonds is 7. The summed E-state index contributed by atoms with van der Waals surface area (Å²) in [4.78, 5) is 23.7. The van der Waals surface area contributed by atoms with E-state index < -0.39 is 29.6 Å². The molecule has 0 aromatic heterocycles. The third-order valence-electron chi connectivity index (χ3n) is 3.30. The number of nitrogens with one attached hydrogen (secondary N) is 1. The van der Waals surface area contributed by atoms with Gasteiger partial charge in [0.15, 0.2) is 6.10 Å². The van der Waals surface area contributed by atoms with E-state index in [0.29, 0.717) is 5.56 Å². The molecule has 1 atom stereocenters. The van der Waals surface area contributed by atoms with Crippen molar-refractivity contribution in [3.63, 3.8) is 0 Å². The van der Waals surface area contributed by atoms with Crippen LogP contribution in [0.5, 0.6) is 0 Å². The lowest BCUT2D eigenvalue weighted by atomic mass is 10.2. The van der Waals surface area contributed by atoms with Gasteiger partial charge in [0, 0.05) is 11.4 Å². The summed E-state index contributed by atoms with van der Waals surface area (Å²) in [6.45, 7) is 1.55. The average molecular weight is 383 g/mol. The fourth-order valence-corrected chi connectivity index (χ4v) is 2.69. The Morgan fingerprint density at radius 1 is 1.08 bits per heavy atom. The molecule has 2 aromatic rings. The van der Waals surface area contributed by atoms with E-state index in [1.165, 1.54) is 31.2 Å². The van der Waals surface area contributed by atoms with E-state index in [0.717, 1.165) is 30.0 Å². The van der Waals surface area contributed by atoms with Crippen molar-refractivity contribution < 1.29 is 27.5 Å². The van der Waals surface area contributed by atoms with Crippen molar-refractivity contribution in [2.24, 2.45) is 0 Å². The topological polar surface area (TPSA) is 55.4 Å². The van der Waals surface area contributed by atoms with Crippen LogP contribution in [0.25, 0.3) is 0 Å². The van der Waals surface area contributed by atoms with Crippen molar-refractivity contribution in [2.45, 2.75) is 24.5 Å². The zero-order valence-electron chi connectivity index (χ0n) is 13.8. The van der Waals surface area contributed by atoms with Crippen molar-refractivity contribution in [1.29, 1.82) is 0 Å². The maximum atomic E-state index is 13.5. The molecule has 26 heavy (non-hydrogen) atoms. The Labute approximate surface area is 152 Å². The second kappa shape index (κ2) is 9.28. The van der Waals surface area contributed by atoms with Crippen LogP contribution in [0.2, 0.25) is 0 Å². The molecule has 0 heterocycles. The van der Waals surface area contributed by atoms with Gasteiger partial charge < -0.3 is 10.1 Å². The SMILES string of the molecule is C[C@H](OC(=O)CSc1cc(F)ccc1F)C(=O)NCc1ccc(F)cc1. The van der Waals surface area contributed by atoms with Crippen molar-refractivity contribution >= 4 is 23.6 Å². The number of ether oxygens (including phenoxy) is 1. The molecule has 0 saturated carbocycles. The lowest BCUT2D eigenvalue weighted by Crippen LogP contribution is -2.35. The Morgan fingerprint density at radius 3 is 2.42 bits per heavy atom. The largest absolute Gasteiger partial charge is 0.452 e. The van der Waals surface area contributed by atoms with E-state index in [-0.39, 0.29) is 23.0 Å². The highest BCUT2D eigenvalue weighted by Crippen LogP contribution is 2.22. The Hall–Kier alpha value is -2.48. The average Bonchev–Trinajstić information content (AvgIpc) is 2.61. The molecule has 0 aliphatic rings. The molecule has 2 rings (SSSR count). The summed E-state index contributed by atoms with van der Waals surface area (Å²) in [5, 5.41) is 2.56. The van der Waals surface area contributed by atoms with E-state index in [1.54, 1.807) is 0 Å². The van der Waals surface area contributed by atoms with E-state index >= 15 is 0 Å². The molecule has 1 N–H and O–H groups in total. The number of hydrogen-bond donors (Lipinski definition) is 1. The molecule has 0 fully saturated rings. The van der Waals surface area contributed by atoms with E-state index in [2.05, 4.69) is 5.32 Å². The van der Waals surface area contributed by atoms with Gasteiger partial charge in [-0.1, -0.05) is 12.1 Å². The lowest BCUT2D eigenvalue weighted by Gasteiger charge is -2.13. The van der Waals surface area contributed by atoms with Gasteiger partial charge >= 0.3 is 5.97 Å². The van der Waals surface area contributed by atoms with Crippen LogP contribution in [-0.2, 0) is 20.9 Å². The zero-order chi connectivity index (χ0) is 19.1. The van der Waals surface area contributed by atoms with Crippen LogP contribution in [0.1, 0.15) is 12.5 Å². The molecule has 0 spiro atoms. The predicted octanol–water partition coefficient (Wildman–Crippen LogP) is 3.44. The van der Waals surface area contributed by atoms with Crippen molar-refractivity contribution in [1.82, 2.24) is 5.32 Å². The van der Waals surface area contributed by atoms with Crippen molar-refractivity contribution in [2.75, 3.05) is 5.75 Å². The molecule has 0 aliphatic heterocycles. The van der Waals surface area contributed by atoms with Gasteiger partial charge in [0.05, 0.1) is 5.75 Å². The summed E-state index contributed by atoms with van der Waals surface area (Å²) in [6, 6.07) is 8.51. The number of hydrogen-bond acceptors (Lipinski definition) is 4. The standard InChI is InChI=1S/C18H16F3NO3S/c1-11(18(24)22-9-12-2-4-13(19)5-3-12)25-17(23)10-26-16-8-14(20)6-7-15(16)21/h2-8,11H,9-10H2,1H3,(H,22,24)/t11-/m0/s1. The molecule has 0 radical (unpaired) electrons. The van der Waals surface area contributed by atoms with Gasteiger partial charge in [0.2, 0.25) is 0 Å². The van der Waals surface area contributed by atoms with Gasteiger partial charge in [0.1, 0.15) is 17.5 Å². The first-order chi connectivity index (χ1) is 12.3. The molecule has 8 heteroatoms. The summed E-state index contributed by atoms with van der Waals surface area (Å²) >= 11 is 0.778. The molecule has 138 valence electrons. The van der Waals surface area contributed by atoms with Gasteiger partial charge in [-0.05, 0) is 42.8 Å². The highest BCUT2D eigenvalue weighted by atomic mass is 32.2. The molecule has 4 nitrogen and oxygen atoms in total. The van der Waals surface area contributed by atoms with Crippen LogP contribution < -0.4 is 5.32 Å². The summed E-state index contributed by atoms with van der Waals surface area (Å²) in [7, 11) is 0. The summed E-state index contributed by atoms with van der Waals surface area (Å²) in [6.07, 6.45) is -1.05. The second-order valence-corrected chi connectivity index (χ2v) is 6.36. The molecule has 2 aromatic carbocycles. The predicted molar refractivity (Wildman–Crippen MR) is 90.9 cm³/mol. The highest BCUT2D eigenvalue weighted by molar-refractivity contribution is 8.00. The van der Waals surface area contributed by atoms with Crippen molar-refractivity contribution in [3.05, 3.63) is 65.5 Å². The fraction of sp³-hybridized carbons (Fsp3) is 0.222. The van der Waals surface area contributed by atoms with Crippen molar-refractivity contribution in [3.8, 4) is 0 Å². The number of carbonyl (C=O) groups is 2. The van der Waals surface area contributed by atoms with E-state index in [9.17, 15) is 22.8 Å². The zero-order valence-corrected chi connectivity index (χ0v) is 14.6. The third-order valence-corrected chi connectivity index (χ3v) is 4.30. The number of thioether (sulfide) groups is 1. The molecule has 1 amide bonds. The summed E-state index contributed by atoms with van der Waals surface area (Å²) in [5.74, 6) is -3.16. The Balaban J connectivity index is 1.77. The molecule has 0 bridgehead atoms. The van der Waals surface area contributed by atoms with Crippen LogP contribution in [0.4, 0.5) is 13.2 Å². The molecular formula is C18H16F3NO3S. The first-order valence-electron chi connectivity index (χ1n) is 7.64. The van der Waals surface area contributed by atoms with Gasteiger partial charge in [-0.3, -0.25) is 9.59 Å². The quantitative estimate of drug-likeness (QED) is 0.588.